The van der Waals surface area contributed by atoms with Crippen LogP contribution >= 0.6 is 11.8 Å². The minimum atomic E-state index is -0.298. The molecule has 0 aliphatic carbocycles. The van der Waals surface area contributed by atoms with Crippen molar-refractivity contribution in [3.8, 4) is 11.4 Å². The van der Waals surface area contributed by atoms with E-state index >= 15 is 0 Å². The van der Waals surface area contributed by atoms with E-state index in [2.05, 4.69) is 44.0 Å². The van der Waals surface area contributed by atoms with Gasteiger partial charge < -0.3 is 9.09 Å². The van der Waals surface area contributed by atoms with Gasteiger partial charge in [-0.25, -0.2) is 4.39 Å². The van der Waals surface area contributed by atoms with Gasteiger partial charge in [0.05, 0.1) is 5.75 Å². The molecule has 0 N–H and O–H groups in total. The highest BCUT2D eigenvalue weighted by Gasteiger charge is 2.14. The minimum absolute atomic E-state index is 0.298. The molecule has 0 aliphatic heterocycles. The molecule has 0 radical (unpaired) electrons. The van der Waals surface area contributed by atoms with Crippen LogP contribution in [0.5, 0.6) is 0 Å². The lowest BCUT2D eigenvalue weighted by atomic mass is 10.1. The smallest absolute Gasteiger partial charge is 0.237 e. The fraction of sp³-hybridized carbons (Fsp3) is 0.200. The summed E-state index contributed by atoms with van der Waals surface area (Å²) >= 11 is 1.50. The molecular formula is C20H18FN5OS. The second kappa shape index (κ2) is 8.35. The number of rotatable bonds is 7. The highest BCUT2D eigenvalue weighted by molar-refractivity contribution is 7.98. The first-order chi connectivity index (χ1) is 13.7. The molecule has 8 heteroatoms. The van der Waals surface area contributed by atoms with Crippen LogP contribution in [0.4, 0.5) is 4.39 Å². The fourth-order valence-electron chi connectivity index (χ4n) is 2.81. The molecule has 2 aromatic carbocycles. The average Bonchev–Trinajstić information content (AvgIpc) is 3.34. The molecule has 0 atom stereocenters. The fourth-order valence-corrected chi connectivity index (χ4v) is 3.67. The van der Waals surface area contributed by atoms with Crippen LogP contribution in [0.3, 0.4) is 0 Å². The normalized spacial score (nSPS) is 11.1. The third-order valence-corrected chi connectivity index (χ3v) is 5.16. The first kappa shape index (κ1) is 18.4. The summed E-state index contributed by atoms with van der Waals surface area (Å²) in [7, 11) is 0. The van der Waals surface area contributed by atoms with Crippen molar-refractivity contribution in [2.45, 2.75) is 30.8 Å². The summed E-state index contributed by atoms with van der Waals surface area (Å²) in [4.78, 5) is 4.38. The van der Waals surface area contributed by atoms with Gasteiger partial charge in [-0.3, -0.25) is 0 Å². The Morgan fingerprint density at radius 1 is 1.04 bits per heavy atom. The number of hydrogen-bond acceptors (Lipinski definition) is 6. The molecule has 0 bridgehead atoms. The Morgan fingerprint density at radius 2 is 1.82 bits per heavy atom. The molecular weight excluding hydrogens is 377 g/mol. The van der Waals surface area contributed by atoms with E-state index < -0.39 is 0 Å². The van der Waals surface area contributed by atoms with Gasteiger partial charge in [-0.1, -0.05) is 47.3 Å². The van der Waals surface area contributed by atoms with Crippen LogP contribution in [0, 0.1) is 5.82 Å². The molecule has 0 fully saturated rings. The third-order valence-electron chi connectivity index (χ3n) is 4.21. The number of thioether (sulfide) groups is 1. The summed E-state index contributed by atoms with van der Waals surface area (Å²) in [5, 5.41) is 13.4. The third kappa shape index (κ3) is 4.12. The van der Waals surface area contributed by atoms with E-state index in [1.807, 2.05) is 18.2 Å². The topological polar surface area (TPSA) is 69.6 Å². The van der Waals surface area contributed by atoms with Gasteiger partial charge >= 0.3 is 0 Å². The van der Waals surface area contributed by atoms with Gasteiger partial charge in [0.15, 0.2) is 5.16 Å². The number of hydrogen-bond donors (Lipinski definition) is 0. The van der Waals surface area contributed by atoms with Crippen molar-refractivity contribution < 1.29 is 8.91 Å². The predicted octanol–water partition coefficient (Wildman–Crippen LogP) is 4.37. The Labute approximate surface area is 165 Å². The van der Waals surface area contributed by atoms with Crippen molar-refractivity contribution >= 4 is 11.8 Å². The average molecular weight is 395 g/mol. The Morgan fingerprint density at radius 3 is 2.57 bits per heavy atom. The van der Waals surface area contributed by atoms with Crippen molar-refractivity contribution in [2.24, 2.45) is 0 Å². The first-order valence-corrected chi connectivity index (χ1v) is 9.89. The first-order valence-electron chi connectivity index (χ1n) is 8.90. The number of halogens is 1. The zero-order chi connectivity index (χ0) is 19.3. The summed E-state index contributed by atoms with van der Waals surface area (Å²) in [6.45, 7) is 2.85. The van der Waals surface area contributed by atoms with Crippen molar-refractivity contribution in [3.63, 3.8) is 0 Å². The van der Waals surface area contributed by atoms with Crippen molar-refractivity contribution in [2.75, 3.05) is 0 Å². The molecule has 0 unspecified atom stereocenters. The number of benzene rings is 2. The molecule has 28 heavy (non-hydrogen) atoms. The maximum Gasteiger partial charge on any atom is 0.237 e. The predicted molar refractivity (Wildman–Crippen MR) is 104 cm³/mol. The van der Waals surface area contributed by atoms with E-state index in [1.54, 1.807) is 12.1 Å². The van der Waals surface area contributed by atoms with Gasteiger partial charge in [-0.05, 0) is 36.8 Å². The van der Waals surface area contributed by atoms with Crippen LogP contribution in [0.1, 0.15) is 24.2 Å². The standard InChI is InChI=1S/C20H18FN5OS/c1-2-26-17(12-14-6-4-3-5-7-14)23-24-20(26)28-13-18-22-19(25-27-18)15-8-10-16(21)11-9-15/h3-11H,2,12-13H2,1H3. The van der Waals surface area contributed by atoms with E-state index in [0.29, 0.717) is 23.0 Å². The van der Waals surface area contributed by atoms with E-state index in [4.69, 9.17) is 4.52 Å². The van der Waals surface area contributed by atoms with E-state index in [-0.39, 0.29) is 5.82 Å². The van der Waals surface area contributed by atoms with Crippen LogP contribution in [-0.4, -0.2) is 24.9 Å². The maximum atomic E-state index is 13.0. The molecule has 4 rings (SSSR count). The Balaban J connectivity index is 1.44. The molecule has 4 aromatic rings. The molecule has 6 nitrogen and oxygen atoms in total. The van der Waals surface area contributed by atoms with Crippen LogP contribution in [0.25, 0.3) is 11.4 Å². The van der Waals surface area contributed by atoms with Gasteiger partial charge in [0.2, 0.25) is 11.7 Å². The Hall–Kier alpha value is -3.00. The lowest BCUT2D eigenvalue weighted by Gasteiger charge is -2.06. The van der Waals surface area contributed by atoms with Gasteiger partial charge in [-0.2, -0.15) is 4.98 Å². The molecule has 0 saturated heterocycles. The van der Waals surface area contributed by atoms with Crippen LogP contribution in [-0.2, 0) is 18.7 Å². The second-order valence-corrected chi connectivity index (χ2v) is 7.06. The van der Waals surface area contributed by atoms with Crippen molar-refractivity contribution in [3.05, 3.63) is 77.7 Å². The minimum Gasteiger partial charge on any atom is -0.338 e. The lowest BCUT2D eigenvalue weighted by Crippen LogP contribution is -2.04. The zero-order valence-corrected chi connectivity index (χ0v) is 16.1. The molecule has 0 amide bonds. The van der Waals surface area contributed by atoms with Gasteiger partial charge in [0.25, 0.3) is 0 Å². The van der Waals surface area contributed by atoms with Gasteiger partial charge in [0, 0.05) is 18.5 Å². The molecule has 0 aliphatic rings. The van der Waals surface area contributed by atoms with Gasteiger partial charge in [-0.15, -0.1) is 10.2 Å². The summed E-state index contributed by atoms with van der Waals surface area (Å²) < 4.78 is 20.5. The van der Waals surface area contributed by atoms with Crippen LogP contribution in [0.15, 0.2) is 64.3 Å². The van der Waals surface area contributed by atoms with E-state index in [0.717, 1.165) is 23.9 Å². The highest BCUT2D eigenvalue weighted by Crippen LogP contribution is 2.24. The SMILES string of the molecule is CCn1c(Cc2ccccc2)nnc1SCc1nc(-c2ccc(F)cc2)no1. The lowest BCUT2D eigenvalue weighted by molar-refractivity contribution is 0.391. The van der Waals surface area contributed by atoms with Crippen molar-refractivity contribution in [1.29, 1.82) is 0 Å². The molecule has 142 valence electrons. The Kier molecular flexibility index (Phi) is 5.48. The summed E-state index contributed by atoms with van der Waals surface area (Å²) in [6, 6.07) is 16.2. The zero-order valence-electron chi connectivity index (χ0n) is 15.2. The quantitative estimate of drug-likeness (QED) is 0.433. The molecule has 2 heterocycles. The number of nitrogens with zero attached hydrogens (tertiary/aromatic N) is 5. The largest absolute Gasteiger partial charge is 0.338 e. The maximum absolute atomic E-state index is 13.0. The van der Waals surface area contributed by atoms with Crippen LogP contribution in [0.2, 0.25) is 0 Å². The van der Waals surface area contributed by atoms with E-state index in [9.17, 15) is 4.39 Å². The summed E-state index contributed by atoms with van der Waals surface area (Å²) in [5.74, 6) is 2.04. The van der Waals surface area contributed by atoms with Gasteiger partial charge in [0.1, 0.15) is 11.6 Å². The second-order valence-electron chi connectivity index (χ2n) is 6.11. The van der Waals surface area contributed by atoms with E-state index in [1.165, 1.54) is 29.5 Å². The van der Waals surface area contributed by atoms with Crippen molar-refractivity contribution in [1.82, 2.24) is 24.9 Å². The number of aromatic nitrogens is 5. The summed E-state index contributed by atoms with van der Waals surface area (Å²) in [6.07, 6.45) is 0.734. The van der Waals surface area contributed by atoms with Crippen LogP contribution < -0.4 is 0 Å². The molecule has 0 spiro atoms. The molecule has 2 aromatic heterocycles. The Bertz CT molecular complexity index is 1050. The summed E-state index contributed by atoms with van der Waals surface area (Å²) in [5.41, 5.74) is 1.91. The monoisotopic (exact) mass is 395 g/mol. The molecule has 0 saturated carbocycles. The highest BCUT2D eigenvalue weighted by atomic mass is 32.2.